The Balaban J connectivity index is 1.80. The van der Waals surface area contributed by atoms with Crippen LogP contribution in [0.2, 0.25) is 0 Å². The topological polar surface area (TPSA) is 23.5 Å². The predicted octanol–water partition coefficient (Wildman–Crippen LogP) is 4.27. The van der Waals surface area contributed by atoms with Crippen LogP contribution >= 0.6 is 0 Å². The molecule has 2 aliphatic rings. The third-order valence-corrected chi connectivity index (χ3v) is 6.21. The van der Waals surface area contributed by atoms with Crippen LogP contribution in [-0.2, 0) is 11.8 Å². The van der Waals surface area contributed by atoms with Crippen LogP contribution in [0.1, 0.15) is 50.7 Å². The monoisotopic (exact) mass is 299 g/mol. The number of allylic oxidation sites excluding steroid dienone is 1. The molecule has 3 atom stereocenters. The molecule has 1 aliphatic heterocycles. The molecule has 0 radical (unpaired) electrons. The molecule has 1 saturated heterocycles. The molecule has 0 unspecified atom stereocenters. The van der Waals surface area contributed by atoms with Gasteiger partial charge in [-0.05, 0) is 79.8 Å². The number of aromatic hydroxyl groups is 1. The lowest BCUT2D eigenvalue weighted by molar-refractivity contribution is 0.0304. The first-order valence-electron chi connectivity index (χ1n) is 8.73. The van der Waals surface area contributed by atoms with E-state index in [1.165, 1.54) is 43.5 Å². The van der Waals surface area contributed by atoms with Crippen LogP contribution in [-0.4, -0.2) is 29.1 Å². The zero-order valence-corrected chi connectivity index (χ0v) is 14.0. The normalized spacial score (nSPS) is 30.8. The summed E-state index contributed by atoms with van der Waals surface area (Å²) in [7, 11) is 0. The molecular weight excluding hydrogens is 270 g/mol. The number of phenols is 1. The van der Waals surface area contributed by atoms with E-state index in [1.807, 2.05) is 18.2 Å². The number of phenolic OH excluding ortho intramolecular Hbond substituents is 1. The highest BCUT2D eigenvalue weighted by Gasteiger charge is 2.48. The minimum absolute atomic E-state index is 0.217. The quantitative estimate of drug-likeness (QED) is 0.648. The molecule has 1 fully saturated rings. The number of piperidine rings is 1. The summed E-state index contributed by atoms with van der Waals surface area (Å²) in [4.78, 5) is 2.71. The van der Waals surface area contributed by atoms with Crippen molar-refractivity contribution >= 4 is 0 Å². The number of unbranched alkanes of at least 4 members (excludes halogenated alkanes) is 2. The molecule has 120 valence electrons. The summed E-state index contributed by atoms with van der Waals surface area (Å²) in [5.74, 6) is 1.06. The highest BCUT2D eigenvalue weighted by atomic mass is 16.3. The van der Waals surface area contributed by atoms with Crippen molar-refractivity contribution in [3.05, 3.63) is 42.0 Å². The van der Waals surface area contributed by atoms with Gasteiger partial charge in [0.25, 0.3) is 0 Å². The van der Waals surface area contributed by atoms with Gasteiger partial charge in [0, 0.05) is 6.04 Å². The van der Waals surface area contributed by atoms with Crippen LogP contribution < -0.4 is 0 Å². The summed E-state index contributed by atoms with van der Waals surface area (Å²) in [5, 5.41) is 9.89. The molecule has 0 amide bonds. The van der Waals surface area contributed by atoms with E-state index in [-0.39, 0.29) is 5.41 Å². The number of fused-ring (bicyclic) bond motifs is 4. The number of nitrogens with zero attached hydrogens (tertiary/aromatic N) is 1. The highest BCUT2D eigenvalue weighted by molar-refractivity contribution is 5.44. The maximum Gasteiger partial charge on any atom is 0.115 e. The van der Waals surface area contributed by atoms with Gasteiger partial charge in [-0.15, -0.1) is 6.58 Å². The Morgan fingerprint density at radius 3 is 3.00 bits per heavy atom. The first kappa shape index (κ1) is 15.6. The average molecular weight is 299 g/mol. The number of likely N-dealkylation sites (tertiary alicyclic amines) is 1. The van der Waals surface area contributed by atoms with E-state index >= 15 is 0 Å². The Hall–Kier alpha value is -1.28. The van der Waals surface area contributed by atoms with Crippen molar-refractivity contribution in [2.45, 2.75) is 57.4 Å². The third kappa shape index (κ3) is 2.58. The van der Waals surface area contributed by atoms with Crippen LogP contribution in [0.5, 0.6) is 5.75 Å². The number of hydrogen-bond acceptors (Lipinski definition) is 2. The van der Waals surface area contributed by atoms with E-state index in [0.29, 0.717) is 17.7 Å². The second-order valence-corrected chi connectivity index (χ2v) is 7.39. The van der Waals surface area contributed by atoms with Crippen molar-refractivity contribution in [1.82, 2.24) is 4.90 Å². The molecule has 2 nitrogen and oxygen atoms in total. The Morgan fingerprint density at radius 1 is 1.41 bits per heavy atom. The largest absolute Gasteiger partial charge is 0.508 e. The van der Waals surface area contributed by atoms with E-state index in [1.54, 1.807) is 0 Å². The molecule has 3 rings (SSSR count). The Morgan fingerprint density at radius 2 is 2.23 bits per heavy atom. The van der Waals surface area contributed by atoms with E-state index < -0.39 is 0 Å². The standard InChI is InChI=1S/C20H29NO/c1-4-5-6-7-11-21-12-10-20(3)15(2)19(21)13-16-8-9-17(22)14-18(16)20/h4,8-9,14-15,19,22H,1,5-7,10-13H2,2-3H3/t15-,19+,20-/m0/s1. The van der Waals surface area contributed by atoms with Gasteiger partial charge in [-0.3, -0.25) is 4.90 Å². The lowest BCUT2D eigenvalue weighted by Crippen LogP contribution is -2.58. The first-order chi connectivity index (χ1) is 10.6. The number of rotatable bonds is 5. The third-order valence-electron chi connectivity index (χ3n) is 6.21. The summed E-state index contributed by atoms with van der Waals surface area (Å²) in [6.45, 7) is 11.0. The van der Waals surface area contributed by atoms with E-state index in [2.05, 4.69) is 31.4 Å². The van der Waals surface area contributed by atoms with Gasteiger partial charge in [-0.2, -0.15) is 0 Å². The van der Waals surface area contributed by atoms with Crippen LogP contribution in [0.15, 0.2) is 30.9 Å². The van der Waals surface area contributed by atoms with E-state index in [9.17, 15) is 5.11 Å². The Bertz CT molecular complexity index is 553. The maximum absolute atomic E-state index is 9.89. The van der Waals surface area contributed by atoms with Gasteiger partial charge in [0.15, 0.2) is 0 Å². The lowest BCUT2D eigenvalue weighted by Gasteiger charge is -2.54. The Labute approximate surface area is 134 Å². The molecule has 0 aromatic heterocycles. The van der Waals surface area contributed by atoms with Gasteiger partial charge < -0.3 is 5.11 Å². The van der Waals surface area contributed by atoms with Crippen molar-refractivity contribution < 1.29 is 5.11 Å². The molecule has 22 heavy (non-hydrogen) atoms. The maximum atomic E-state index is 9.89. The molecule has 2 bridgehead atoms. The minimum Gasteiger partial charge on any atom is -0.508 e. The van der Waals surface area contributed by atoms with Gasteiger partial charge in [0.1, 0.15) is 5.75 Å². The predicted molar refractivity (Wildman–Crippen MR) is 92.4 cm³/mol. The van der Waals surface area contributed by atoms with Gasteiger partial charge in [-0.25, -0.2) is 0 Å². The zero-order valence-electron chi connectivity index (χ0n) is 14.0. The second kappa shape index (κ2) is 6.08. The summed E-state index contributed by atoms with van der Waals surface area (Å²) in [6, 6.07) is 6.66. The second-order valence-electron chi connectivity index (χ2n) is 7.39. The summed E-state index contributed by atoms with van der Waals surface area (Å²) in [5.41, 5.74) is 3.05. The summed E-state index contributed by atoms with van der Waals surface area (Å²) >= 11 is 0. The van der Waals surface area contributed by atoms with Gasteiger partial charge in [0.2, 0.25) is 0 Å². The molecule has 1 N–H and O–H groups in total. The molecule has 2 heteroatoms. The minimum atomic E-state index is 0.217. The van der Waals surface area contributed by atoms with Crippen molar-refractivity contribution in [3.63, 3.8) is 0 Å². The van der Waals surface area contributed by atoms with Gasteiger partial charge in [0.05, 0.1) is 0 Å². The van der Waals surface area contributed by atoms with Crippen molar-refractivity contribution in [2.24, 2.45) is 5.92 Å². The summed E-state index contributed by atoms with van der Waals surface area (Å²) < 4.78 is 0. The summed E-state index contributed by atoms with van der Waals surface area (Å²) in [6.07, 6.45) is 8.01. The lowest BCUT2D eigenvalue weighted by atomic mass is 9.59. The SMILES string of the molecule is C=CCCCCN1CC[C@]2(C)c3cc(O)ccc3C[C@@H]1[C@@H]2C. The molecule has 1 aromatic rings. The average Bonchev–Trinajstić information content (AvgIpc) is 2.50. The van der Waals surface area contributed by atoms with Crippen LogP contribution in [0.25, 0.3) is 0 Å². The van der Waals surface area contributed by atoms with Crippen molar-refractivity contribution in [2.75, 3.05) is 13.1 Å². The molecule has 1 heterocycles. The molecule has 0 spiro atoms. The van der Waals surface area contributed by atoms with Gasteiger partial charge in [-0.1, -0.05) is 26.0 Å². The fraction of sp³-hybridized carbons (Fsp3) is 0.600. The molecule has 0 saturated carbocycles. The number of benzene rings is 1. The van der Waals surface area contributed by atoms with Crippen LogP contribution in [0, 0.1) is 5.92 Å². The van der Waals surface area contributed by atoms with Gasteiger partial charge >= 0.3 is 0 Å². The van der Waals surface area contributed by atoms with E-state index in [0.717, 1.165) is 12.8 Å². The molecular formula is C20H29NO. The van der Waals surface area contributed by atoms with Crippen molar-refractivity contribution in [3.8, 4) is 5.75 Å². The van der Waals surface area contributed by atoms with Crippen LogP contribution in [0.3, 0.4) is 0 Å². The molecule has 1 aliphatic carbocycles. The molecule has 1 aromatic carbocycles. The fourth-order valence-electron chi connectivity index (χ4n) is 4.58. The first-order valence-corrected chi connectivity index (χ1v) is 8.73. The zero-order chi connectivity index (χ0) is 15.7. The van der Waals surface area contributed by atoms with Crippen molar-refractivity contribution in [1.29, 1.82) is 0 Å². The number of hydrogen-bond donors (Lipinski definition) is 1. The fourth-order valence-corrected chi connectivity index (χ4v) is 4.58. The van der Waals surface area contributed by atoms with E-state index in [4.69, 9.17) is 0 Å². The highest BCUT2D eigenvalue weighted by Crippen LogP contribution is 2.49. The van der Waals surface area contributed by atoms with Crippen LogP contribution in [0.4, 0.5) is 0 Å². The smallest absolute Gasteiger partial charge is 0.115 e. The Kier molecular flexibility index (Phi) is 4.31.